The Labute approximate surface area is 195 Å². The molecule has 34 heavy (non-hydrogen) atoms. The lowest BCUT2D eigenvalue weighted by Gasteiger charge is -2.09. The molecule has 0 heterocycles. The van der Waals surface area contributed by atoms with E-state index >= 15 is 0 Å². The summed E-state index contributed by atoms with van der Waals surface area (Å²) in [6.45, 7) is 0. The number of Topliss-reactive ketones (excluding diaryl/α,β-unsaturated/α-hetero) is 2. The first-order valence-corrected chi connectivity index (χ1v) is 10.3. The van der Waals surface area contributed by atoms with Gasteiger partial charge < -0.3 is 9.47 Å². The molecular weight excluding hydrogens is 432 g/mol. The van der Waals surface area contributed by atoms with Gasteiger partial charge in [-0.2, -0.15) is 0 Å². The van der Waals surface area contributed by atoms with Crippen molar-refractivity contribution in [3.63, 3.8) is 0 Å². The highest BCUT2D eigenvalue weighted by Gasteiger charge is 2.06. The summed E-state index contributed by atoms with van der Waals surface area (Å²) in [6, 6.07) is 27.8. The van der Waals surface area contributed by atoms with Gasteiger partial charge in [0.05, 0.1) is 0 Å². The van der Waals surface area contributed by atoms with E-state index in [9.17, 15) is 19.2 Å². The monoisotopic (exact) mass is 450 g/mol. The predicted molar refractivity (Wildman–Crippen MR) is 126 cm³/mol. The third-order valence-corrected chi connectivity index (χ3v) is 5.01. The highest BCUT2D eigenvalue weighted by molar-refractivity contribution is 6.33. The van der Waals surface area contributed by atoms with Gasteiger partial charge in [0.25, 0.3) is 0 Å². The summed E-state index contributed by atoms with van der Waals surface area (Å²) in [5, 5.41) is 0. The number of hydrogen-bond donors (Lipinski definition) is 0. The number of carbonyl (C=O) groups is 4. The van der Waals surface area contributed by atoms with Crippen LogP contribution in [0.2, 0.25) is 0 Å². The van der Waals surface area contributed by atoms with E-state index in [1.54, 1.807) is 48.5 Å². The zero-order valence-corrected chi connectivity index (χ0v) is 17.8. The van der Waals surface area contributed by atoms with E-state index in [1.807, 2.05) is 48.5 Å². The highest BCUT2D eigenvalue weighted by atomic mass is 16.5. The van der Waals surface area contributed by atoms with Crippen LogP contribution in [0.3, 0.4) is 0 Å². The average Bonchev–Trinajstić information content (AvgIpc) is 2.89. The van der Waals surface area contributed by atoms with Gasteiger partial charge in [0, 0.05) is 11.1 Å². The second kappa shape index (κ2) is 10.2. The van der Waals surface area contributed by atoms with Crippen molar-refractivity contribution in [1.82, 2.24) is 0 Å². The first-order valence-electron chi connectivity index (χ1n) is 10.3. The molecule has 0 saturated heterocycles. The first kappa shape index (κ1) is 22.4. The number of rotatable bonds is 9. The van der Waals surface area contributed by atoms with Crippen LogP contribution in [0, 0.1) is 0 Å². The topological polar surface area (TPSA) is 86.7 Å². The Bertz CT molecular complexity index is 1210. The van der Waals surface area contributed by atoms with E-state index in [0.717, 1.165) is 11.1 Å². The average molecular weight is 450 g/mol. The number of hydrogen-bond acceptors (Lipinski definition) is 6. The van der Waals surface area contributed by atoms with Crippen LogP contribution in [0.1, 0.15) is 20.7 Å². The summed E-state index contributed by atoms with van der Waals surface area (Å²) in [4.78, 5) is 43.9. The first-order chi connectivity index (χ1) is 16.6. The molecule has 6 heteroatoms. The molecule has 6 nitrogen and oxygen atoms in total. The van der Waals surface area contributed by atoms with Crippen LogP contribution >= 0.6 is 0 Å². The lowest BCUT2D eigenvalue weighted by Crippen LogP contribution is -1.98. The molecule has 0 aromatic heterocycles. The van der Waals surface area contributed by atoms with Crippen LogP contribution in [0.15, 0.2) is 97.1 Å². The molecule has 0 radical (unpaired) electrons. The molecule has 0 saturated carbocycles. The fraction of sp³-hybridized carbons (Fsp3) is 0. The van der Waals surface area contributed by atoms with E-state index in [-0.39, 0.29) is 12.6 Å². The van der Waals surface area contributed by atoms with Crippen molar-refractivity contribution in [2.24, 2.45) is 0 Å². The fourth-order valence-electron chi connectivity index (χ4n) is 3.21. The molecule has 4 aromatic carbocycles. The Morgan fingerprint density at radius 3 is 0.971 bits per heavy atom. The maximum absolute atomic E-state index is 11.4. The second-order valence-corrected chi connectivity index (χ2v) is 7.27. The van der Waals surface area contributed by atoms with E-state index in [4.69, 9.17) is 9.47 Å². The highest BCUT2D eigenvalue weighted by Crippen LogP contribution is 2.29. The summed E-state index contributed by atoms with van der Waals surface area (Å²) in [6.07, 6.45) is 0.565. The van der Waals surface area contributed by atoms with Gasteiger partial charge in [0.1, 0.15) is 23.0 Å². The van der Waals surface area contributed by atoms with E-state index in [2.05, 4.69) is 0 Å². The lowest BCUT2D eigenvalue weighted by molar-refractivity contribution is -0.105. The van der Waals surface area contributed by atoms with Crippen LogP contribution < -0.4 is 9.47 Å². The molecule has 0 atom stereocenters. The number of carbonyl (C=O) groups excluding carboxylic acids is 4. The molecule has 0 aliphatic rings. The van der Waals surface area contributed by atoms with Crippen LogP contribution in [-0.4, -0.2) is 24.1 Å². The van der Waals surface area contributed by atoms with Crippen molar-refractivity contribution in [2.45, 2.75) is 0 Å². The van der Waals surface area contributed by atoms with Crippen molar-refractivity contribution in [3.8, 4) is 34.1 Å². The molecule has 166 valence electrons. The van der Waals surface area contributed by atoms with Gasteiger partial charge in [-0.3, -0.25) is 19.2 Å². The quantitative estimate of drug-likeness (QED) is 0.185. The third kappa shape index (κ3) is 5.31. The Morgan fingerprint density at radius 2 is 0.706 bits per heavy atom. The van der Waals surface area contributed by atoms with Gasteiger partial charge in [-0.25, -0.2) is 0 Å². The Hall–Kier alpha value is -4.84. The lowest BCUT2D eigenvalue weighted by atomic mass is 10.1. The zero-order valence-electron chi connectivity index (χ0n) is 17.8. The number of benzene rings is 4. The minimum absolute atomic E-state index is 0.282. The van der Waals surface area contributed by atoms with Gasteiger partial charge >= 0.3 is 0 Å². The smallest absolute Gasteiger partial charge is 0.225 e. The Kier molecular flexibility index (Phi) is 6.70. The molecule has 4 aromatic rings. The second-order valence-electron chi connectivity index (χ2n) is 7.27. The molecule has 0 unspecified atom stereocenters. The normalized spacial score (nSPS) is 10.2. The maximum Gasteiger partial charge on any atom is 0.225 e. The van der Waals surface area contributed by atoms with Gasteiger partial charge in [0.15, 0.2) is 12.6 Å². The fourth-order valence-corrected chi connectivity index (χ4v) is 3.21. The molecule has 0 amide bonds. The van der Waals surface area contributed by atoms with Gasteiger partial charge in [-0.15, -0.1) is 0 Å². The SMILES string of the molecule is O=CC(=O)c1ccc(Oc2ccc(-c3ccc(Oc4ccc(C(=O)C=O)cc4)cc3)cc2)cc1. The zero-order chi connectivity index (χ0) is 23.9. The number of aldehydes is 2. The summed E-state index contributed by atoms with van der Waals surface area (Å²) in [7, 11) is 0. The minimum Gasteiger partial charge on any atom is -0.457 e. The third-order valence-electron chi connectivity index (χ3n) is 5.01. The van der Waals surface area contributed by atoms with Crippen LogP contribution in [-0.2, 0) is 9.59 Å². The summed E-state index contributed by atoms with van der Waals surface area (Å²) in [5.41, 5.74) is 2.61. The molecule has 0 spiro atoms. The summed E-state index contributed by atoms with van der Waals surface area (Å²) < 4.78 is 11.6. The van der Waals surface area contributed by atoms with E-state index in [1.165, 1.54) is 0 Å². The van der Waals surface area contributed by atoms with Crippen LogP contribution in [0.4, 0.5) is 0 Å². The summed E-state index contributed by atoms with van der Waals surface area (Å²) in [5.74, 6) is 1.23. The van der Waals surface area contributed by atoms with Crippen molar-refractivity contribution in [2.75, 3.05) is 0 Å². The summed E-state index contributed by atoms with van der Waals surface area (Å²) >= 11 is 0. The molecule has 0 fully saturated rings. The predicted octanol–water partition coefficient (Wildman–Crippen LogP) is 5.70. The molecule has 0 aliphatic heterocycles. The molecule has 0 aliphatic carbocycles. The van der Waals surface area contributed by atoms with Crippen molar-refractivity contribution in [1.29, 1.82) is 0 Å². The Balaban J connectivity index is 1.39. The minimum atomic E-state index is -0.573. The standard InChI is InChI=1S/C28H18O6/c29-17-27(31)21-5-13-25(14-6-21)33-23-9-1-19(2-10-23)20-3-11-24(12-4-20)34-26-15-7-22(8-16-26)28(32)18-30/h1-18H. The van der Waals surface area contributed by atoms with E-state index in [0.29, 0.717) is 34.1 Å². The van der Waals surface area contributed by atoms with Crippen molar-refractivity contribution in [3.05, 3.63) is 108 Å². The number of ketones is 2. The van der Waals surface area contributed by atoms with Crippen LogP contribution in [0.25, 0.3) is 11.1 Å². The van der Waals surface area contributed by atoms with Crippen molar-refractivity contribution >= 4 is 24.1 Å². The Morgan fingerprint density at radius 1 is 0.441 bits per heavy atom. The molecule has 4 rings (SSSR count). The number of ether oxygens (including phenoxy) is 2. The van der Waals surface area contributed by atoms with Gasteiger partial charge in [0.2, 0.25) is 11.6 Å². The molecule has 0 N–H and O–H groups in total. The van der Waals surface area contributed by atoms with Crippen molar-refractivity contribution < 1.29 is 28.7 Å². The maximum atomic E-state index is 11.4. The van der Waals surface area contributed by atoms with E-state index < -0.39 is 11.6 Å². The van der Waals surface area contributed by atoms with Gasteiger partial charge in [-0.1, -0.05) is 24.3 Å². The van der Waals surface area contributed by atoms with Gasteiger partial charge in [-0.05, 0) is 83.9 Å². The molecule has 0 bridgehead atoms. The largest absolute Gasteiger partial charge is 0.457 e. The van der Waals surface area contributed by atoms with Crippen LogP contribution in [0.5, 0.6) is 23.0 Å². The molecular formula is C28H18O6.